The van der Waals surface area contributed by atoms with Crippen molar-refractivity contribution < 1.29 is 4.79 Å². The summed E-state index contributed by atoms with van der Waals surface area (Å²) >= 11 is 9.98. The Balaban J connectivity index is 1.05. The zero-order valence-electron chi connectivity index (χ0n) is 22.0. The smallest absolute Gasteiger partial charge is 0.246 e. The summed E-state index contributed by atoms with van der Waals surface area (Å²) in [4.78, 5) is 29.0. The molecule has 1 amide bonds. The highest BCUT2D eigenvalue weighted by atomic mass is 79.9. The number of nitrogen functional groups attached to an aromatic ring is 1. The van der Waals surface area contributed by atoms with Crippen LogP contribution in [0.3, 0.4) is 0 Å². The van der Waals surface area contributed by atoms with Crippen molar-refractivity contribution in [2.45, 2.75) is 38.0 Å². The number of aromatic amines is 1. The maximum atomic E-state index is 13.2. The van der Waals surface area contributed by atoms with Gasteiger partial charge in [-0.15, -0.1) is 5.10 Å². The summed E-state index contributed by atoms with van der Waals surface area (Å²) in [5.41, 5.74) is 10.8. The van der Waals surface area contributed by atoms with E-state index in [-0.39, 0.29) is 11.8 Å². The molecule has 1 unspecified atom stereocenters. The van der Waals surface area contributed by atoms with Crippen molar-refractivity contribution in [1.82, 2.24) is 30.0 Å². The average molecular weight is 614 g/mol. The molecule has 0 radical (unpaired) electrons. The molecule has 1 aliphatic carbocycles. The second kappa shape index (κ2) is 11.4. The minimum Gasteiger partial charge on any atom is -0.368 e. The number of amides is 1. The molecule has 206 valence electrons. The van der Waals surface area contributed by atoms with Crippen molar-refractivity contribution in [2.24, 2.45) is 5.92 Å². The highest BCUT2D eigenvalue weighted by Gasteiger charge is 2.31. The molecular weight excluding hydrogens is 580 g/mol. The Labute approximate surface area is 242 Å². The number of piperidine rings is 1. The lowest BCUT2D eigenvalue weighted by molar-refractivity contribution is -0.134. The number of nitrogens with zero attached hydrogens (tertiary/aromatic N) is 6. The molecule has 1 atom stereocenters. The van der Waals surface area contributed by atoms with Crippen LogP contribution in [0.2, 0.25) is 5.02 Å². The zero-order chi connectivity index (χ0) is 26.9. The van der Waals surface area contributed by atoms with Crippen LogP contribution in [0.1, 0.15) is 47.6 Å². The molecule has 6 rings (SSSR count). The lowest BCUT2D eigenvalue weighted by atomic mass is 9.90. The van der Waals surface area contributed by atoms with Crippen molar-refractivity contribution in [2.75, 3.05) is 56.4 Å². The number of pyridine rings is 1. The molecule has 9 nitrogen and oxygen atoms in total. The summed E-state index contributed by atoms with van der Waals surface area (Å²) in [6.07, 6.45) is 6.38. The predicted octanol–water partition coefficient (Wildman–Crippen LogP) is 3.88. The number of benzene rings is 1. The number of aromatic nitrogens is 4. The lowest BCUT2D eigenvalue weighted by Gasteiger charge is -2.38. The SMILES string of the molecule is Nc1nc(N2CCC(CC(=O)N3CCN(CC4c5ccc(Cl)cc5CCc5cc(Br)cnc54)CC3)CC2)n[nH]1. The summed E-state index contributed by atoms with van der Waals surface area (Å²) in [5, 5.41) is 7.64. The monoisotopic (exact) mass is 612 g/mol. The fraction of sp³-hybridized carbons (Fsp3) is 0.500. The molecule has 0 saturated carbocycles. The molecule has 2 fully saturated rings. The van der Waals surface area contributed by atoms with E-state index in [9.17, 15) is 4.79 Å². The Morgan fingerprint density at radius 1 is 1.08 bits per heavy atom. The summed E-state index contributed by atoms with van der Waals surface area (Å²) < 4.78 is 1.02. The number of hydrogen-bond donors (Lipinski definition) is 2. The molecule has 1 aromatic carbocycles. The normalized spacial score (nSPS) is 20.4. The maximum Gasteiger partial charge on any atom is 0.246 e. The van der Waals surface area contributed by atoms with Crippen LogP contribution in [-0.2, 0) is 17.6 Å². The number of H-pyrrole nitrogens is 1. The van der Waals surface area contributed by atoms with E-state index >= 15 is 0 Å². The number of rotatable bonds is 5. The Hall–Kier alpha value is -2.69. The van der Waals surface area contributed by atoms with Crippen molar-refractivity contribution in [3.05, 3.63) is 62.3 Å². The number of halogens is 2. The van der Waals surface area contributed by atoms with Gasteiger partial charge in [0.15, 0.2) is 0 Å². The first-order valence-electron chi connectivity index (χ1n) is 13.8. The van der Waals surface area contributed by atoms with Crippen LogP contribution in [0, 0.1) is 5.92 Å². The summed E-state index contributed by atoms with van der Waals surface area (Å²) in [6, 6.07) is 8.51. The van der Waals surface area contributed by atoms with Gasteiger partial charge in [-0.2, -0.15) is 4.98 Å². The van der Waals surface area contributed by atoms with Gasteiger partial charge < -0.3 is 15.5 Å². The van der Waals surface area contributed by atoms with Gasteiger partial charge in [-0.1, -0.05) is 17.7 Å². The van der Waals surface area contributed by atoms with Crippen molar-refractivity contribution in [1.29, 1.82) is 0 Å². The number of nitrogens with one attached hydrogen (secondary N) is 1. The molecule has 2 aromatic heterocycles. The van der Waals surface area contributed by atoms with Gasteiger partial charge in [0.25, 0.3) is 0 Å². The molecule has 39 heavy (non-hydrogen) atoms. The first kappa shape index (κ1) is 26.5. The summed E-state index contributed by atoms with van der Waals surface area (Å²) in [6.45, 7) is 5.89. The first-order valence-corrected chi connectivity index (χ1v) is 15.0. The number of anilines is 2. The van der Waals surface area contributed by atoms with E-state index in [1.54, 1.807) is 0 Å². The largest absolute Gasteiger partial charge is 0.368 e. The van der Waals surface area contributed by atoms with Gasteiger partial charge in [0, 0.05) is 73.8 Å². The van der Waals surface area contributed by atoms with E-state index in [0.29, 0.717) is 24.2 Å². The van der Waals surface area contributed by atoms with Gasteiger partial charge in [-0.25, -0.2) is 5.10 Å². The number of aryl methyl sites for hydroxylation is 2. The Bertz CT molecular complexity index is 1280. The van der Waals surface area contributed by atoms with Crippen molar-refractivity contribution >= 4 is 45.3 Å². The zero-order valence-corrected chi connectivity index (χ0v) is 24.3. The predicted molar refractivity (Wildman–Crippen MR) is 156 cm³/mol. The Morgan fingerprint density at radius 2 is 1.85 bits per heavy atom. The standard InChI is InChI=1S/C28H34BrClN8O/c29-21-14-20-2-1-19-15-22(30)3-4-23(19)24(26(20)32-16-21)17-36-9-11-37(12-10-36)25(39)13-18-5-7-38(8-6-18)28-33-27(31)34-35-28/h3-4,14-16,18,24H,1-2,5-13,17H2,(H3,31,33,34,35). The second-order valence-corrected chi connectivity index (χ2v) is 12.3. The number of hydrogen-bond acceptors (Lipinski definition) is 7. The summed E-state index contributed by atoms with van der Waals surface area (Å²) in [7, 11) is 0. The van der Waals surface area contributed by atoms with Crippen LogP contribution in [-0.4, -0.2) is 81.7 Å². The lowest BCUT2D eigenvalue weighted by Crippen LogP contribution is -2.50. The highest BCUT2D eigenvalue weighted by molar-refractivity contribution is 9.10. The molecular formula is C28H34BrClN8O. The van der Waals surface area contributed by atoms with E-state index in [0.717, 1.165) is 86.7 Å². The minimum atomic E-state index is 0.189. The molecule has 0 bridgehead atoms. The van der Waals surface area contributed by atoms with Gasteiger partial charge in [0.05, 0.1) is 5.69 Å². The third-order valence-corrected chi connectivity index (χ3v) is 9.13. The number of carbonyl (C=O) groups is 1. The molecule has 3 N–H and O–H groups in total. The third-order valence-electron chi connectivity index (χ3n) is 8.46. The van der Waals surface area contributed by atoms with E-state index in [2.05, 4.69) is 64.0 Å². The van der Waals surface area contributed by atoms with E-state index in [1.807, 2.05) is 12.3 Å². The molecule has 0 spiro atoms. The average Bonchev–Trinajstić information content (AvgIpc) is 3.32. The second-order valence-electron chi connectivity index (χ2n) is 10.9. The van der Waals surface area contributed by atoms with Crippen LogP contribution in [0.4, 0.5) is 11.9 Å². The number of piperazine rings is 1. The Morgan fingerprint density at radius 3 is 2.59 bits per heavy atom. The number of nitrogens with two attached hydrogens (primary N) is 1. The molecule has 3 aliphatic rings. The minimum absolute atomic E-state index is 0.189. The number of fused-ring (bicyclic) bond motifs is 2. The third kappa shape index (κ3) is 5.93. The molecule has 2 aliphatic heterocycles. The van der Waals surface area contributed by atoms with Crippen LogP contribution >= 0.6 is 27.5 Å². The molecule has 4 heterocycles. The maximum absolute atomic E-state index is 13.2. The van der Waals surface area contributed by atoms with E-state index in [1.165, 1.54) is 16.7 Å². The van der Waals surface area contributed by atoms with Crippen LogP contribution < -0.4 is 10.6 Å². The fourth-order valence-electron chi connectivity index (χ4n) is 6.30. The van der Waals surface area contributed by atoms with Crippen molar-refractivity contribution in [3.63, 3.8) is 0 Å². The van der Waals surface area contributed by atoms with E-state index in [4.69, 9.17) is 22.3 Å². The number of carbonyl (C=O) groups excluding carboxylic acids is 1. The summed E-state index contributed by atoms with van der Waals surface area (Å²) in [5.74, 6) is 1.86. The molecule has 2 saturated heterocycles. The molecule has 3 aromatic rings. The van der Waals surface area contributed by atoms with Crippen LogP contribution in [0.25, 0.3) is 0 Å². The fourth-order valence-corrected chi connectivity index (χ4v) is 6.87. The van der Waals surface area contributed by atoms with Gasteiger partial charge >= 0.3 is 0 Å². The quantitative estimate of drug-likeness (QED) is 0.450. The molecule has 11 heteroatoms. The van der Waals surface area contributed by atoms with Crippen molar-refractivity contribution in [3.8, 4) is 0 Å². The van der Waals surface area contributed by atoms with E-state index < -0.39 is 0 Å². The first-order chi connectivity index (χ1) is 18.9. The Kier molecular flexibility index (Phi) is 7.77. The highest BCUT2D eigenvalue weighted by Crippen LogP contribution is 2.36. The van der Waals surface area contributed by atoms with Gasteiger partial charge in [-0.05, 0) is 82.4 Å². The van der Waals surface area contributed by atoms with Gasteiger partial charge in [0.1, 0.15) is 0 Å². The van der Waals surface area contributed by atoms with Crippen LogP contribution in [0.5, 0.6) is 0 Å². The van der Waals surface area contributed by atoms with Gasteiger partial charge in [-0.3, -0.25) is 14.7 Å². The van der Waals surface area contributed by atoms with Crippen LogP contribution in [0.15, 0.2) is 34.9 Å². The topological polar surface area (TPSA) is 107 Å². The van der Waals surface area contributed by atoms with Gasteiger partial charge in [0.2, 0.25) is 17.8 Å².